The summed E-state index contributed by atoms with van der Waals surface area (Å²) in [7, 11) is 0. The minimum absolute atomic E-state index is 0.0402. The standard InChI is InChI=1S/C23H21ClN2O4/c24-17-4-6-18(7-5-17)30-14-21-19(8-9-29-21)23(28)25-11-15-10-16(13-25)20-2-1-3-22(27)26(20)12-15/h1-9,15-16H,10-14H2. The third-order valence-electron chi connectivity index (χ3n) is 5.93. The number of aromatic nitrogens is 1. The number of hydrogen-bond donors (Lipinski definition) is 0. The van der Waals surface area contributed by atoms with Crippen molar-refractivity contribution >= 4 is 17.5 Å². The second-order valence-electron chi connectivity index (χ2n) is 7.91. The molecule has 6 nitrogen and oxygen atoms in total. The van der Waals surface area contributed by atoms with E-state index in [1.165, 1.54) is 6.26 Å². The third-order valence-corrected chi connectivity index (χ3v) is 6.18. The van der Waals surface area contributed by atoms with Gasteiger partial charge in [0.05, 0.1) is 11.8 Å². The van der Waals surface area contributed by atoms with Crippen molar-refractivity contribution in [3.8, 4) is 5.75 Å². The van der Waals surface area contributed by atoms with E-state index in [1.807, 2.05) is 15.5 Å². The first-order chi connectivity index (χ1) is 14.6. The molecule has 2 aliphatic rings. The van der Waals surface area contributed by atoms with E-state index in [2.05, 4.69) is 0 Å². The van der Waals surface area contributed by atoms with Gasteiger partial charge in [0.2, 0.25) is 0 Å². The van der Waals surface area contributed by atoms with E-state index >= 15 is 0 Å². The summed E-state index contributed by atoms with van der Waals surface area (Å²) in [4.78, 5) is 27.4. The first-order valence-electron chi connectivity index (χ1n) is 10.0. The number of hydrogen-bond acceptors (Lipinski definition) is 4. The summed E-state index contributed by atoms with van der Waals surface area (Å²) in [5.41, 5.74) is 1.59. The molecule has 1 amide bonds. The van der Waals surface area contributed by atoms with Crippen LogP contribution in [0.15, 0.2) is 64.0 Å². The topological polar surface area (TPSA) is 64.7 Å². The first-order valence-corrected chi connectivity index (χ1v) is 10.4. The maximum absolute atomic E-state index is 13.3. The number of furan rings is 1. The summed E-state index contributed by atoms with van der Waals surface area (Å²) in [6.07, 6.45) is 2.53. The number of nitrogens with zero attached hydrogens (tertiary/aromatic N) is 2. The largest absolute Gasteiger partial charge is 0.486 e. The van der Waals surface area contributed by atoms with Crippen molar-refractivity contribution in [2.45, 2.75) is 25.5 Å². The molecule has 4 heterocycles. The van der Waals surface area contributed by atoms with Crippen LogP contribution in [0.5, 0.6) is 5.75 Å². The van der Waals surface area contributed by atoms with E-state index in [-0.39, 0.29) is 29.9 Å². The van der Waals surface area contributed by atoms with Crippen molar-refractivity contribution in [2.75, 3.05) is 13.1 Å². The average Bonchev–Trinajstić information content (AvgIpc) is 3.22. The fraction of sp³-hybridized carbons (Fsp3) is 0.304. The van der Waals surface area contributed by atoms with Crippen LogP contribution >= 0.6 is 11.6 Å². The summed E-state index contributed by atoms with van der Waals surface area (Å²) in [6.45, 7) is 2.06. The molecule has 30 heavy (non-hydrogen) atoms. The van der Waals surface area contributed by atoms with Crippen LogP contribution in [-0.4, -0.2) is 28.5 Å². The number of ether oxygens (including phenoxy) is 1. The number of fused-ring (bicyclic) bond motifs is 4. The first kappa shape index (κ1) is 19.0. The monoisotopic (exact) mass is 424 g/mol. The third kappa shape index (κ3) is 3.52. The number of piperidine rings is 1. The molecule has 0 aliphatic carbocycles. The number of amides is 1. The van der Waals surface area contributed by atoms with Gasteiger partial charge in [-0.05, 0) is 48.7 Å². The second kappa shape index (κ2) is 7.69. The molecule has 1 fully saturated rings. The van der Waals surface area contributed by atoms with Gasteiger partial charge >= 0.3 is 0 Å². The lowest BCUT2D eigenvalue weighted by molar-refractivity contribution is 0.0590. The van der Waals surface area contributed by atoms with Crippen LogP contribution in [0.3, 0.4) is 0 Å². The molecule has 0 N–H and O–H groups in total. The van der Waals surface area contributed by atoms with Gasteiger partial charge in [-0.3, -0.25) is 9.59 Å². The normalized spacial score (nSPS) is 20.0. The predicted molar refractivity (Wildman–Crippen MR) is 112 cm³/mol. The predicted octanol–water partition coefficient (Wildman–Crippen LogP) is 3.93. The van der Waals surface area contributed by atoms with Crippen LogP contribution in [0.25, 0.3) is 0 Å². The number of rotatable bonds is 4. The zero-order chi connectivity index (χ0) is 20.7. The molecule has 154 valence electrons. The molecule has 2 aliphatic heterocycles. The molecular formula is C23H21ClN2O4. The summed E-state index contributed by atoms with van der Waals surface area (Å²) >= 11 is 5.90. The summed E-state index contributed by atoms with van der Waals surface area (Å²) in [5, 5.41) is 0.635. The van der Waals surface area contributed by atoms with Gasteiger partial charge in [0.15, 0.2) is 5.76 Å². The molecular weight excluding hydrogens is 404 g/mol. The Kier molecular flexibility index (Phi) is 4.87. The van der Waals surface area contributed by atoms with Crippen LogP contribution in [0.4, 0.5) is 0 Å². The van der Waals surface area contributed by atoms with Gasteiger partial charge < -0.3 is 18.6 Å². The zero-order valence-electron chi connectivity index (χ0n) is 16.3. The lowest BCUT2D eigenvalue weighted by Crippen LogP contribution is -2.49. The highest BCUT2D eigenvalue weighted by molar-refractivity contribution is 6.30. The summed E-state index contributed by atoms with van der Waals surface area (Å²) in [5.74, 6) is 1.56. The maximum atomic E-state index is 13.3. The molecule has 7 heteroatoms. The number of benzene rings is 1. The molecule has 0 spiro atoms. The Morgan fingerprint density at radius 2 is 1.93 bits per heavy atom. The average molecular weight is 425 g/mol. The van der Waals surface area contributed by atoms with E-state index in [9.17, 15) is 9.59 Å². The van der Waals surface area contributed by atoms with Crippen molar-refractivity contribution in [3.63, 3.8) is 0 Å². The zero-order valence-corrected chi connectivity index (χ0v) is 17.0. The number of halogens is 1. The molecule has 0 saturated carbocycles. The Hall–Kier alpha value is -2.99. The number of pyridine rings is 1. The minimum atomic E-state index is -0.0557. The second-order valence-corrected chi connectivity index (χ2v) is 8.34. The lowest BCUT2D eigenvalue weighted by atomic mass is 9.83. The highest BCUT2D eigenvalue weighted by Crippen LogP contribution is 2.35. The van der Waals surface area contributed by atoms with Gasteiger partial charge in [0.1, 0.15) is 12.4 Å². The van der Waals surface area contributed by atoms with Crippen LogP contribution in [0.1, 0.15) is 34.2 Å². The molecule has 2 aromatic heterocycles. The highest BCUT2D eigenvalue weighted by atomic mass is 35.5. The van der Waals surface area contributed by atoms with Gasteiger partial charge in [-0.25, -0.2) is 0 Å². The van der Waals surface area contributed by atoms with E-state index in [4.69, 9.17) is 20.8 Å². The fourth-order valence-electron chi connectivity index (χ4n) is 4.56. The fourth-order valence-corrected chi connectivity index (χ4v) is 4.68. The Morgan fingerprint density at radius 3 is 2.77 bits per heavy atom. The van der Waals surface area contributed by atoms with E-state index < -0.39 is 0 Å². The lowest BCUT2D eigenvalue weighted by Gasteiger charge is -2.42. The SMILES string of the molecule is O=C(c1ccoc1COc1ccc(Cl)cc1)N1CC2CC(C1)c1cccc(=O)n1C2. The molecule has 2 unspecified atom stereocenters. The molecule has 3 aromatic rings. The van der Waals surface area contributed by atoms with Crippen molar-refractivity contribution < 1.29 is 13.9 Å². The van der Waals surface area contributed by atoms with Crippen molar-refractivity contribution in [3.05, 3.63) is 87.2 Å². The summed E-state index contributed by atoms with van der Waals surface area (Å²) in [6, 6.07) is 14.2. The van der Waals surface area contributed by atoms with Gasteiger partial charge in [-0.15, -0.1) is 0 Å². The Labute approximate surface area is 178 Å². The summed E-state index contributed by atoms with van der Waals surface area (Å²) < 4.78 is 13.2. The molecule has 1 aromatic carbocycles. The van der Waals surface area contributed by atoms with Gasteiger partial charge in [0, 0.05) is 42.3 Å². The molecule has 1 saturated heterocycles. The smallest absolute Gasteiger partial charge is 0.257 e. The van der Waals surface area contributed by atoms with Crippen molar-refractivity contribution in [1.29, 1.82) is 0 Å². The van der Waals surface area contributed by atoms with E-state index in [0.29, 0.717) is 41.7 Å². The van der Waals surface area contributed by atoms with Crippen LogP contribution in [0.2, 0.25) is 5.02 Å². The molecule has 5 rings (SSSR count). The highest BCUT2D eigenvalue weighted by Gasteiger charge is 2.37. The number of carbonyl (C=O) groups excluding carboxylic acids is 1. The Morgan fingerprint density at radius 1 is 1.10 bits per heavy atom. The van der Waals surface area contributed by atoms with Crippen LogP contribution < -0.4 is 10.3 Å². The Balaban J connectivity index is 1.32. The maximum Gasteiger partial charge on any atom is 0.257 e. The van der Waals surface area contributed by atoms with Gasteiger partial charge in [-0.1, -0.05) is 17.7 Å². The van der Waals surface area contributed by atoms with Gasteiger partial charge in [0.25, 0.3) is 11.5 Å². The molecule has 2 bridgehead atoms. The van der Waals surface area contributed by atoms with Crippen LogP contribution in [-0.2, 0) is 13.2 Å². The van der Waals surface area contributed by atoms with Crippen LogP contribution in [0, 0.1) is 5.92 Å². The number of likely N-dealkylation sites (tertiary alicyclic amines) is 1. The minimum Gasteiger partial charge on any atom is -0.486 e. The Bertz CT molecular complexity index is 1130. The molecule has 0 radical (unpaired) electrons. The van der Waals surface area contributed by atoms with Crippen molar-refractivity contribution in [2.24, 2.45) is 5.92 Å². The van der Waals surface area contributed by atoms with Crippen molar-refractivity contribution in [1.82, 2.24) is 9.47 Å². The van der Waals surface area contributed by atoms with E-state index in [1.54, 1.807) is 42.5 Å². The number of carbonyl (C=O) groups is 1. The van der Waals surface area contributed by atoms with E-state index in [0.717, 1.165) is 12.1 Å². The quantitative estimate of drug-likeness (QED) is 0.636. The van der Waals surface area contributed by atoms with Gasteiger partial charge in [-0.2, -0.15) is 0 Å². The molecule has 2 atom stereocenters.